The van der Waals surface area contributed by atoms with Crippen LogP contribution in [0.4, 0.5) is 0 Å². The topological polar surface area (TPSA) is 66.8 Å². The molecule has 1 N–H and O–H groups in total. The van der Waals surface area contributed by atoms with Crippen molar-refractivity contribution in [3.8, 4) is 0 Å². The summed E-state index contributed by atoms with van der Waals surface area (Å²) in [5.41, 5.74) is -0.267. The van der Waals surface area contributed by atoms with Gasteiger partial charge in [0.2, 0.25) is 5.91 Å². The zero-order valence-corrected chi connectivity index (χ0v) is 15.0. The Kier molecular flexibility index (Phi) is 5.19. The Morgan fingerprint density at radius 2 is 1.67 bits per heavy atom. The second-order valence-electron chi connectivity index (χ2n) is 8.40. The van der Waals surface area contributed by atoms with Crippen LogP contribution >= 0.6 is 0 Å². The summed E-state index contributed by atoms with van der Waals surface area (Å²) < 4.78 is 5.73. The van der Waals surface area contributed by atoms with Crippen molar-refractivity contribution in [2.45, 2.75) is 64.9 Å². The van der Waals surface area contributed by atoms with Crippen molar-refractivity contribution in [3.63, 3.8) is 0 Å². The minimum Gasteiger partial charge on any atom is -0.481 e. The summed E-state index contributed by atoms with van der Waals surface area (Å²) in [6.07, 6.45) is 7.02. The monoisotopic (exact) mass is 337 g/mol. The lowest BCUT2D eigenvalue weighted by molar-refractivity contribution is -0.148. The molecule has 2 saturated heterocycles. The van der Waals surface area contributed by atoms with Gasteiger partial charge in [0.25, 0.3) is 0 Å². The first-order chi connectivity index (χ1) is 11.4. The summed E-state index contributed by atoms with van der Waals surface area (Å²) in [6, 6.07) is 0. The molecule has 0 spiro atoms. The summed E-state index contributed by atoms with van der Waals surface area (Å²) in [6.45, 7) is 6.25. The Morgan fingerprint density at radius 3 is 2.25 bits per heavy atom. The molecule has 24 heavy (non-hydrogen) atoms. The summed E-state index contributed by atoms with van der Waals surface area (Å²) in [7, 11) is 0. The molecule has 1 amide bonds. The van der Waals surface area contributed by atoms with E-state index in [1.807, 2.05) is 4.90 Å². The van der Waals surface area contributed by atoms with Crippen LogP contribution in [0.3, 0.4) is 0 Å². The fraction of sp³-hybridized carbons (Fsp3) is 0.895. The number of likely N-dealkylation sites (tertiary alicyclic amines) is 1. The molecule has 1 saturated carbocycles. The van der Waals surface area contributed by atoms with Crippen LogP contribution in [0.15, 0.2) is 0 Å². The number of ether oxygens (including phenoxy) is 1. The number of rotatable bonds is 4. The van der Waals surface area contributed by atoms with E-state index < -0.39 is 5.97 Å². The van der Waals surface area contributed by atoms with Crippen LogP contribution in [0, 0.1) is 23.2 Å². The lowest BCUT2D eigenvalue weighted by Crippen LogP contribution is -2.49. The summed E-state index contributed by atoms with van der Waals surface area (Å²) in [5, 5.41) is 9.34. The molecule has 0 radical (unpaired) electrons. The van der Waals surface area contributed by atoms with Crippen molar-refractivity contribution < 1.29 is 19.4 Å². The first-order valence-electron chi connectivity index (χ1n) is 9.55. The number of carboxylic acid groups (broad SMARTS) is 1. The SMILES string of the molecule is CC(C)(C(=O)N1CCC([C@@H]2OCCC2C(=O)O)CC1)C1CCCC1. The van der Waals surface area contributed by atoms with Crippen LogP contribution in [0.25, 0.3) is 0 Å². The lowest BCUT2D eigenvalue weighted by atomic mass is 9.75. The molecule has 3 fully saturated rings. The number of amides is 1. The van der Waals surface area contributed by atoms with Crippen LogP contribution in [-0.4, -0.2) is 47.7 Å². The number of hydrogen-bond acceptors (Lipinski definition) is 3. The first kappa shape index (κ1) is 17.7. The zero-order valence-electron chi connectivity index (χ0n) is 15.0. The standard InChI is InChI=1S/C19H31NO4/c1-19(2,14-5-3-4-6-14)18(23)20-10-7-13(8-11-20)16-15(17(21)22)9-12-24-16/h13-16H,3-12H2,1-2H3,(H,21,22)/t15?,16-/m0/s1. The van der Waals surface area contributed by atoms with Gasteiger partial charge in [-0.25, -0.2) is 0 Å². The first-order valence-corrected chi connectivity index (χ1v) is 9.55. The number of aliphatic carboxylic acids is 1. The van der Waals surface area contributed by atoms with E-state index in [-0.39, 0.29) is 29.3 Å². The number of carbonyl (C=O) groups excluding carboxylic acids is 1. The highest BCUT2D eigenvalue weighted by Gasteiger charge is 2.44. The lowest BCUT2D eigenvalue weighted by Gasteiger charge is -2.40. The molecule has 5 nitrogen and oxygen atoms in total. The molecule has 136 valence electrons. The van der Waals surface area contributed by atoms with E-state index in [1.165, 1.54) is 25.7 Å². The van der Waals surface area contributed by atoms with Gasteiger partial charge in [-0.15, -0.1) is 0 Å². The predicted molar refractivity (Wildman–Crippen MR) is 90.5 cm³/mol. The maximum Gasteiger partial charge on any atom is 0.309 e. The summed E-state index contributed by atoms with van der Waals surface area (Å²) >= 11 is 0. The Bertz CT molecular complexity index is 476. The fourth-order valence-corrected chi connectivity index (χ4v) is 5.00. The number of hydrogen-bond donors (Lipinski definition) is 1. The minimum atomic E-state index is -0.738. The third kappa shape index (κ3) is 3.32. The predicted octanol–water partition coefficient (Wildman–Crippen LogP) is 2.93. The van der Waals surface area contributed by atoms with Gasteiger partial charge in [0.15, 0.2) is 0 Å². The Morgan fingerprint density at radius 1 is 1.04 bits per heavy atom. The van der Waals surface area contributed by atoms with Gasteiger partial charge in [0, 0.05) is 25.1 Å². The van der Waals surface area contributed by atoms with Gasteiger partial charge in [0.1, 0.15) is 0 Å². The Labute approximate surface area is 144 Å². The van der Waals surface area contributed by atoms with E-state index in [1.54, 1.807) is 0 Å². The second kappa shape index (κ2) is 7.03. The van der Waals surface area contributed by atoms with Gasteiger partial charge in [-0.3, -0.25) is 9.59 Å². The van der Waals surface area contributed by atoms with Gasteiger partial charge in [-0.05, 0) is 43.9 Å². The van der Waals surface area contributed by atoms with E-state index >= 15 is 0 Å². The number of nitrogens with zero attached hydrogens (tertiary/aromatic N) is 1. The van der Waals surface area contributed by atoms with Crippen molar-refractivity contribution in [2.24, 2.45) is 23.2 Å². The van der Waals surface area contributed by atoms with Crippen LogP contribution < -0.4 is 0 Å². The fourth-order valence-electron chi connectivity index (χ4n) is 5.00. The molecule has 1 aliphatic carbocycles. The van der Waals surface area contributed by atoms with Crippen molar-refractivity contribution in [1.29, 1.82) is 0 Å². The zero-order chi connectivity index (χ0) is 17.3. The Hall–Kier alpha value is -1.10. The van der Waals surface area contributed by atoms with Gasteiger partial charge in [-0.2, -0.15) is 0 Å². The molecule has 3 aliphatic rings. The molecular weight excluding hydrogens is 306 g/mol. The normalized spacial score (nSPS) is 30.0. The molecule has 2 heterocycles. The van der Waals surface area contributed by atoms with Crippen molar-refractivity contribution in [3.05, 3.63) is 0 Å². The molecule has 1 unspecified atom stereocenters. The number of carboxylic acids is 1. The van der Waals surface area contributed by atoms with Gasteiger partial charge < -0.3 is 14.7 Å². The number of piperidine rings is 1. The molecule has 2 atom stereocenters. The molecule has 0 aromatic rings. The van der Waals surface area contributed by atoms with E-state index in [4.69, 9.17) is 4.74 Å². The molecule has 2 aliphatic heterocycles. The molecule has 3 rings (SSSR count). The smallest absolute Gasteiger partial charge is 0.309 e. The van der Waals surface area contributed by atoms with Crippen LogP contribution in [-0.2, 0) is 14.3 Å². The highest BCUT2D eigenvalue weighted by molar-refractivity contribution is 5.82. The maximum absolute atomic E-state index is 13.0. The van der Waals surface area contributed by atoms with E-state index in [9.17, 15) is 14.7 Å². The molecule has 5 heteroatoms. The summed E-state index contributed by atoms with van der Waals surface area (Å²) in [5.74, 6) is -0.0370. The van der Waals surface area contributed by atoms with E-state index in [0.717, 1.165) is 25.9 Å². The second-order valence-corrected chi connectivity index (χ2v) is 8.40. The molecule has 0 aromatic carbocycles. The van der Waals surface area contributed by atoms with Gasteiger partial charge >= 0.3 is 5.97 Å². The third-order valence-corrected chi connectivity index (χ3v) is 6.67. The van der Waals surface area contributed by atoms with Gasteiger partial charge in [-0.1, -0.05) is 26.7 Å². The van der Waals surface area contributed by atoms with Crippen molar-refractivity contribution in [1.82, 2.24) is 4.90 Å². The average molecular weight is 337 g/mol. The molecule has 0 aromatic heterocycles. The quantitative estimate of drug-likeness (QED) is 0.856. The molecular formula is C19H31NO4. The van der Waals surface area contributed by atoms with Crippen LogP contribution in [0.5, 0.6) is 0 Å². The largest absolute Gasteiger partial charge is 0.481 e. The third-order valence-electron chi connectivity index (χ3n) is 6.67. The van der Waals surface area contributed by atoms with Crippen LogP contribution in [0.1, 0.15) is 58.8 Å². The van der Waals surface area contributed by atoms with Crippen molar-refractivity contribution >= 4 is 11.9 Å². The van der Waals surface area contributed by atoms with E-state index in [2.05, 4.69) is 13.8 Å². The molecule has 0 bridgehead atoms. The number of carbonyl (C=O) groups is 2. The minimum absolute atomic E-state index is 0.164. The maximum atomic E-state index is 13.0. The highest BCUT2D eigenvalue weighted by atomic mass is 16.5. The average Bonchev–Trinajstić information content (AvgIpc) is 3.25. The summed E-state index contributed by atoms with van der Waals surface area (Å²) in [4.78, 5) is 26.4. The van der Waals surface area contributed by atoms with E-state index in [0.29, 0.717) is 18.9 Å². The highest BCUT2D eigenvalue weighted by Crippen LogP contribution is 2.42. The van der Waals surface area contributed by atoms with Gasteiger partial charge in [0.05, 0.1) is 12.0 Å². The Balaban J connectivity index is 1.56. The van der Waals surface area contributed by atoms with Crippen molar-refractivity contribution in [2.75, 3.05) is 19.7 Å². The van der Waals surface area contributed by atoms with Crippen LogP contribution in [0.2, 0.25) is 0 Å².